The Kier molecular flexibility index (Phi) is 2.36. The lowest BCUT2D eigenvalue weighted by atomic mass is 9.95. The Morgan fingerprint density at radius 2 is 2.46 bits per heavy atom. The first-order chi connectivity index (χ1) is 6.31. The summed E-state index contributed by atoms with van der Waals surface area (Å²) in [4.78, 5) is 11.4. The van der Waals surface area contributed by atoms with Gasteiger partial charge >= 0.3 is 5.97 Å². The van der Waals surface area contributed by atoms with Crippen LogP contribution >= 0.6 is 0 Å². The molecule has 1 aliphatic carbocycles. The fourth-order valence-electron chi connectivity index (χ4n) is 2.16. The fraction of sp³-hybridized carbons (Fsp3) is 0.700. The van der Waals surface area contributed by atoms with Gasteiger partial charge in [-0.1, -0.05) is 6.08 Å². The van der Waals surface area contributed by atoms with Gasteiger partial charge in [-0.25, -0.2) is 4.79 Å². The standard InChI is InChI=1S/C10H15NO2/c1-13-10(12)8-4-2-7-3-5-9(8)11-6-7/h4,7,9,11H,2-3,5-6H2,1H3. The van der Waals surface area contributed by atoms with Gasteiger partial charge in [-0.05, 0) is 31.7 Å². The van der Waals surface area contributed by atoms with E-state index < -0.39 is 0 Å². The van der Waals surface area contributed by atoms with Gasteiger partial charge in [0, 0.05) is 6.04 Å². The van der Waals surface area contributed by atoms with Crippen molar-refractivity contribution in [2.24, 2.45) is 5.92 Å². The summed E-state index contributed by atoms with van der Waals surface area (Å²) in [5, 5.41) is 3.38. The third kappa shape index (κ3) is 1.61. The average molecular weight is 181 g/mol. The van der Waals surface area contributed by atoms with Crippen molar-refractivity contribution in [3.05, 3.63) is 11.6 Å². The predicted molar refractivity (Wildman–Crippen MR) is 49.2 cm³/mol. The second-order valence-electron chi connectivity index (χ2n) is 3.79. The molecule has 0 spiro atoms. The molecule has 2 unspecified atom stereocenters. The molecule has 1 saturated heterocycles. The van der Waals surface area contributed by atoms with Crippen LogP contribution in [0.4, 0.5) is 0 Å². The number of carbonyl (C=O) groups excluding carboxylic acids is 1. The molecule has 0 aromatic rings. The second kappa shape index (κ2) is 3.50. The van der Waals surface area contributed by atoms with Gasteiger partial charge in [0.1, 0.15) is 0 Å². The third-order valence-electron chi connectivity index (χ3n) is 2.98. The highest BCUT2D eigenvalue weighted by Crippen LogP contribution is 2.27. The molecular formula is C10H15NO2. The minimum absolute atomic E-state index is 0.167. The zero-order valence-electron chi connectivity index (χ0n) is 7.88. The van der Waals surface area contributed by atoms with Crippen LogP contribution in [0.2, 0.25) is 0 Å². The molecule has 72 valence electrons. The van der Waals surface area contributed by atoms with Gasteiger partial charge < -0.3 is 10.1 Å². The van der Waals surface area contributed by atoms with Crippen LogP contribution in [0.3, 0.4) is 0 Å². The first kappa shape index (κ1) is 8.75. The second-order valence-corrected chi connectivity index (χ2v) is 3.79. The highest BCUT2D eigenvalue weighted by atomic mass is 16.5. The molecular weight excluding hydrogens is 166 g/mol. The molecule has 0 amide bonds. The monoisotopic (exact) mass is 181 g/mol. The summed E-state index contributed by atoms with van der Waals surface area (Å²) >= 11 is 0. The SMILES string of the molecule is COC(=O)C1=CCC2CCC1NC2. The zero-order valence-corrected chi connectivity index (χ0v) is 7.88. The number of nitrogens with one attached hydrogen (secondary N) is 1. The largest absolute Gasteiger partial charge is 0.466 e. The van der Waals surface area contributed by atoms with Crippen LogP contribution in [0.25, 0.3) is 0 Å². The van der Waals surface area contributed by atoms with E-state index in [1.807, 2.05) is 6.08 Å². The molecule has 1 N–H and O–H groups in total. The van der Waals surface area contributed by atoms with Gasteiger partial charge in [0.2, 0.25) is 0 Å². The summed E-state index contributed by atoms with van der Waals surface area (Å²) in [6.07, 6.45) is 5.38. The van der Waals surface area contributed by atoms with E-state index in [1.165, 1.54) is 13.5 Å². The van der Waals surface area contributed by atoms with E-state index >= 15 is 0 Å². The predicted octanol–water partition coefficient (Wildman–Crippen LogP) is 0.858. The van der Waals surface area contributed by atoms with E-state index in [0.29, 0.717) is 0 Å². The van der Waals surface area contributed by atoms with Gasteiger partial charge in [-0.3, -0.25) is 0 Å². The molecule has 1 fully saturated rings. The number of piperidine rings is 1. The van der Waals surface area contributed by atoms with Crippen molar-refractivity contribution in [1.82, 2.24) is 5.32 Å². The quantitative estimate of drug-likeness (QED) is 0.610. The zero-order chi connectivity index (χ0) is 9.26. The highest BCUT2D eigenvalue weighted by molar-refractivity contribution is 5.89. The molecule has 2 aliphatic heterocycles. The summed E-state index contributed by atoms with van der Waals surface area (Å²) < 4.78 is 4.75. The van der Waals surface area contributed by atoms with Crippen molar-refractivity contribution < 1.29 is 9.53 Å². The van der Waals surface area contributed by atoms with Crippen molar-refractivity contribution in [2.45, 2.75) is 25.3 Å². The molecule has 0 aromatic carbocycles. The Morgan fingerprint density at radius 3 is 3.08 bits per heavy atom. The number of hydrogen-bond acceptors (Lipinski definition) is 3. The summed E-state index contributed by atoms with van der Waals surface area (Å²) in [5.41, 5.74) is 0.836. The first-order valence-corrected chi connectivity index (χ1v) is 4.83. The number of allylic oxidation sites excluding steroid dienone is 1. The van der Waals surface area contributed by atoms with E-state index in [0.717, 1.165) is 30.9 Å². The summed E-state index contributed by atoms with van der Waals surface area (Å²) in [6, 6.07) is 0.242. The molecule has 13 heavy (non-hydrogen) atoms. The topological polar surface area (TPSA) is 38.3 Å². The average Bonchev–Trinajstić information content (AvgIpc) is 2.49. The lowest BCUT2D eigenvalue weighted by Crippen LogP contribution is -2.39. The number of carbonyl (C=O) groups is 1. The van der Waals surface area contributed by atoms with Gasteiger partial charge in [-0.15, -0.1) is 0 Å². The molecule has 0 aromatic heterocycles. The normalized spacial score (nSPS) is 32.2. The van der Waals surface area contributed by atoms with Crippen molar-refractivity contribution in [3.8, 4) is 0 Å². The van der Waals surface area contributed by atoms with Crippen LogP contribution in [-0.2, 0) is 9.53 Å². The number of ether oxygens (including phenoxy) is 1. The third-order valence-corrected chi connectivity index (χ3v) is 2.98. The van der Waals surface area contributed by atoms with Gasteiger partial charge in [0.25, 0.3) is 0 Å². The molecule has 3 nitrogen and oxygen atoms in total. The molecule has 0 radical (unpaired) electrons. The van der Waals surface area contributed by atoms with Crippen LogP contribution in [0.1, 0.15) is 19.3 Å². The lowest BCUT2D eigenvalue weighted by Gasteiger charge is -2.26. The molecule has 3 rings (SSSR count). The molecule has 2 bridgehead atoms. The Balaban J connectivity index is 2.17. The first-order valence-electron chi connectivity index (χ1n) is 4.83. The molecule has 3 heteroatoms. The van der Waals surface area contributed by atoms with Crippen molar-refractivity contribution >= 4 is 5.97 Å². The van der Waals surface area contributed by atoms with Crippen molar-refractivity contribution in [1.29, 1.82) is 0 Å². The van der Waals surface area contributed by atoms with E-state index in [9.17, 15) is 4.79 Å². The van der Waals surface area contributed by atoms with Gasteiger partial charge in [0.05, 0.1) is 12.7 Å². The number of hydrogen-bond donors (Lipinski definition) is 1. The van der Waals surface area contributed by atoms with Gasteiger partial charge in [0.15, 0.2) is 0 Å². The smallest absolute Gasteiger partial charge is 0.335 e. The number of rotatable bonds is 1. The Hall–Kier alpha value is -0.830. The molecule has 0 saturated carbocycles. The van der Waals surface area contributed by atoms with Gasteiger partial charge in [-0.2, -0.15) is 0 Å². The summed E-state index contributed by atoms with van der Waals surface area (Å²) in [7, 11) is 1.44. The van der Waals surface area contributed by atoms with E-state index in [2.05, 4.69) is 5.32 Å². The maximum atomic E-state index is 11.4. The lowest BCUT2D eigenvalue weighted by molar-refractivity contribution is -0.136. The Labute approximate surface area is 78.1 Å². The van der Waals surface area contributed by atoms with Crippen molar-refractivity contribution in [2.75, 3.05) is 13.7 Å². The van der Waals surface area contributed by atoms with Crippen LogP contribution in [-0.4, -0.2) is 25.7 Å². The molecule has 3 aliphatic rings. The van der Waals surface area contributed by atoms with Crippen LogP contribution in [0.5, 0.6) is 0 Å². The fourth-order valence-corrected chi connectivity index (χ4v) is 2.16. The summed E-state index contributed by atoms with van der Waals surface area (Å²) in [6.45, 7) is 1.04. The van der Waals surface area contributed by atoms with Crippen LogP contribution in [0, 0.1) is 5.92 Å². The number of fused-ring (bicyclic) bond motifs is 3. The minimum atomic E-state index is -0.167. The highest BCUT2D eigenvalue weighted by Gasteiger charge is 2.29. The van der Waals surface area contributed by atoms with E-state index in [1.54, 1.807) is 0 Å². The maximum Gasteiger partial charge on any atom is 0.335 e. The number of methoxy groups -OCH3 is 1. The molecule has 2 atom stereocenters. The Bertz CT molecular complexity index is 239. The Morgan fingerprint density at radius 1 is 1.62 bits per heavy atom. The maximum absolute atomic E-state index is 11.4. The minimum Gasteiger partial charge on any atom is -0.466 e. The van der Waals surface area contributed by atoms with Crippen LogP contribution < -0.4 is 5.32 Å². The number of esters is 1. The van der Waals surface area contributed by atoms with Crippen molar-refractivity contribution in [3.63, 3.8) is 0 Å². The summed E-state index contributed by atoms with van der Waals surface area (Å²) in [5.74, 6) is 0.554. The molecule has 2 heterocycles. The van der Waals surface area contributed by atoms with Crippen LogP contribution in [0.15, 0.2) is 11.6 Å². The van der Waals surface area contributed by atoms with E-state index in [-0.39, 0.29) is 12.0 Å². The van der Waals surface area contributed by atoms with E-state index in [4.69, 9.17) is 4.74 Å².